The van der Waals surface area contributed by atoms with Gasteiger partial charge in [0, 0.05) is 19.6 Å². The number of carbonyl (C=O) groups is 1. The van der Waals surface area contributed by atoms with Gasteiger partial charge in [0.2, 0.25) is 5.91 Å². The summed E-state index contributed by atoms with van der Waals surface area (Å²) in [6.07, 6.45) is 0.458. The average Bonchev–Trinajstić information content (AvgIpc) is 2.51. The highest BCUT2D eigenvalue weighted by Crippen LogP contribution is 2.09. The fourth-order valence-corrected chi connectivity index (χ4v) is 1.98. The highest BCUT2D eigenvalue weighted by atomic mass is 19.1. The first kappa shape index (κ1) is 18.9. The zero-order valence-corrected chi connectivity index (χ0v) is 14.3. The fraction of sp³-hybridized carbons (Fsp3) is 0.529. The van der Waals surface area contributed by atoms with Crippen LogP contribution in [-0.4, -0.2) is 31.5 Å². The van der Waals surface area contributed by atoms with Gasteiger partial charge < -0.3 is 16.4 Å². The number of nitrogens with two attached hydrogens (primary N) is 1. The van der Waals surface area contributed by atoms with E-state index in [1.54, 1.807) is 19.2 Å². The van der Waals surface area contributed by atoms with Gasteiger partial charge in [-0.2, -0.15) is 0 Å². The molecular formula is C17H27FN4O. The number of hydrogen-bond acceptors (Lipinski definition) is 2. The van der Waals surface area contributed by atoms with Crippen LogP contribution in [0.3, 0.4) is 0 Å². The fourth-order valence-electron chi connectivity index (χ4n) is 1.98. The zero-order chi connectivity index (χ0) is 17.4. The van der Waals surface area contributed by atoms with Gasteiger partial charge in [-0.05, 0) is 37.0 Å². The first-order valence-electron chi connectivity index (χ1n) is 7.84. The summed E-state index contributed by atoms with van der Waals surface area (Å²) in [7, 11) is 1.68. The van der Waals surface area contributed by atoms with E-state index < -0.39 is 11.8 Å². The number of halogens is 1. The first-order valence-corrected chi connectivity index (χ1v) is 7.84. The van der Waals surface area contributed by atoms with E-state index in [1.165, 1.54) is 12.1 Å². The van der Waals surface area contributed by atoms with Crippen LogP contribution in [0.1, 0.15) is 26.3 Å². The topological polar surface area (TPSA) is 79.5 Å². The molecule has 0 saturated heterocycles. The maximum atomic E-state index is 12.9. The van der Waals surface area contributed by atoms with E-state index in [4.69, 9.17) is 5.73 Å². The number of hydrogen-bond donors (Lipinski definition) is 3. The van der Waals surface area contributed by atoms with Crippen LogP contribution in [0.5, 0.6) is 0 Å². The van der Waals surface area contributed by atoms with Crippen molar-refractivity contribution in [2.24, 2.45) is 22.6 Å². The Morgan fingerprint density at radius 2 is 1.87 bits per heavy atom. The molecule has 1 amide bonds. The third-order valence-electron chi connectivity index (χ3n) is 3.90. The molecule has 0 aromatic heterocycles. The second-order valence-corrected chi connectivity index (χ2v) is 6.06. The average molecular weight is 322 g/mol. The van der Waals surface area contributed by atoms with Crippen LogP contribution < -0.4 is 16.4 Å². The quantitative estimate of drug-likeness (QED) is 0.528. The van der Waals surface area contributed by atoms with Gasteiger partial charge in [-0.25, -0.2) is 4.39 Å². The number of benzene rings is 1. The molecule has 5 nitrogen and oxygen atoms in total. The van der Waals surface area contributed by atoms with Crippen molar-refractivity contribution in [2.75, 3.05) is 13.6 Å². The molecule has 0 aliphatic rings. The summed E-state index contributed by atoms with van der Waals surface area (Å²) >= 11 is 0. The van der Waals surface area contributed by atoms with E-state index in [2.05, 4.69) is 36.4 Å². The van der Waals surface area contributed by atoms with Crippen molar-refractivity contribution in [3.63, 3.8) is 0 Å². The molecule has 4 N–H and O–H groups in total. The van der Waals surface area contributed by atoms with Gasteiger partial charge in [0.05, 0.1) is 5.92 Å². The maximum Gasteiger partial charge on any atom is 0.222 e. The molecule has 0 heterocycles. The predicted molar refractivity (Wildman–Crippen MR) is 91.6 cm³/mol. The minimum absolute atomic E-state index is 0.255. The van der Waals surface area contributed by atoms with E-state index in [1.807, 2.05) is 0 Å². The number of amides is 1. The molecule has 6 heteroatoms. The van der Waals surface area contributed by atoms with E-state index in [0.29, 0.717) is 24.8 Å². The van der Waals surface area contributed by atoms with Crippen LogP contribution in [0, 0.1) is 17.7 Å². The first-order chi connectivity index (χ1) is 10.8. The number of nitrogens with one attached hydrogen (secondary N) is 2. The lowest BCUT2D eigenvalue weighted by Crippen LogP contribution is -2.47. The van der Waals surface area contributed by atoms with Crippen LogP contribution >= 0.6 is 0 Å². The van der Waals surface area contributed by atoms with E-state index >= 15 is 0 Å². The lowest BCUT2D eigenvalue weighted by molar-refractivity contribution is -0.121. The van der Waals surface area contributed by atoms with Crippen LogP contribution in [0.4, 0.5) is 4.39 Å². The molecule has 2 atom stereocenters. The Labute approximate surface area is 137 Å². The second-order valence-electron chi connectivity index (χ2n) is 6.06. The third kappa shape index (κ3) is 6.67. The van der Waals surface area contributed by atoms with Gasteiger partial charge in [0.15, 0.2) is 5.96 Å². The Hall–Kier alpha value is -2.11. The van der Waals surface area contributed by atoms with Gasteiger partial charge in [-0.1, -0.05) is 26.0 Å². The number of guanidine groups is 1. The largest absolute Gasteiger partial charge is 0.369 e. The smallest absolute Gasteiger partial charge is 0.222 e. The van der Waals surface area contributed by atoms with Gasteiger partial charge in [-0.3, -0.25) is 9.79 Å². The number of rotatable bonds is 7. The lowest BCUT2D eigenvalue weighted by atomic mass is 9.98. The van der Waals surface area contributed by atoms with Crippen molar-refractivity contribution in [3.05, 3.63) is 35.6 Å². The molecular weight excluding hydrogens is 295 g/mol. The van der Waals surface area contributed by atoms with E-state index in [-0.39, 0.29) is 11.9 Å². The molecule has 128 valence electrons. The van der Waals surface area contributed by atoms with Crippen molar-refractivity contribution >= 4 is 11.9 Å². The maximum absolute atomic E-state index is 12.9. The van der Waals surface area contributed by atoms with E-state index in [0.717, 1.165) is 5.56 Å². The Morgan fingerprint density at radius 1 is 1.26 bits per heavy atom. The van der Waals surface area contributed by atoms with E-state index in [9.17, 15) is 9.18 Å². The molecule has 0 saturated carbocycles. The number of carbonyl (C=O) groups excluding carboxylic acids is 1. The Balaban J connectivity index is 2.62. The van der Waals surface area contributed by atoms with Crippen LogP contribution in [-0.2, 0) is 11.2 Å². The summed E-state index contributed by atoms with van der Waals surface area (Å²) < 4.78 is 12.9. The molecule has 2 unspecified atom stereocenters. The molecule has 1 aromatic carbocycles. The Kier molecular flexibility index (Phi) is 7.51. The van der Waals surface area contributed by atoms with Crippen molar-refractivity contribution in [1.82, 2.24) is 10.6 Å². The minimum atomic E-state index is -0.395. The molecule has 1 rings (SSSR count). The number of primary amides is 1. The summed E-state index contributed by atoms with van der Waals surface area (Å²) in [5.41, 5.74) is 6.35. The highest BCUT2D eigenvalue weighted by molar-refractivity contribution is 5.82. The number of aliphatic imine (C=N–C) groups is 1. The Bertz CT molecular complexity index is 528. The van der Waals surface area contributed by atoms with Gasteiger partial charge in [-0.15, -0.1) is 0 Å². The highest BCUT2D eigenvalue weighted by Gasteiger charge is 2.17. The normalized spacial score (nSPS) is 14.4. The molecule has 0 aliphatic heterocycles. The van der Waals surface area contributed by atoms with Gasteiger partial charge in [0.25, 0.3) is 0 Å². The van der Waals surface area contributed by atoms with Gasteiger partial charge in [0.1, 0.15) is 5.82 Å². The Morgan fingerprint density at radius 3 is 2.35 bits per heavy atom. The molecule has 0 fully saturated rings. The third-order valence-corrected chi connectivity index (χ3v) is 3.90. The minimum Gasteiger partial charge on any atom is -0.369 e. The molecule has 0 bridgehead atoms. The SMILES string of the molecule is CN=C(NCC(Cc1ccc(F)cc1)C(N)=O)NC(C)C(C)C. The summed E-state index contributed by atoms with van der Waals surface area (Å²) in [5.74, 6) is 0.00795. The van der Waals surface area contributed by atoms with Crippen molar-refractivity contribution in [3.8, 4) is 0 Å². The van der Waals surface area contributed by atoms with Crippen LogP contribution in [0.15, 0.2) is 29.3 Å². The van der Waals surface area contributed by atoms with Crippen LogP contribution in [0.2, 0.25) is 0 Å². The molecule has 1 aromatic rings. The lowest BCUT2D eigenvalue weighted by Gasteiger charge is -2.22. The second kappa shape index (κ2) is 9.12. The predicted octanol–water partition coefficient (Wildman–Crippen LogP) is 1.68. The van der Waals surface area contributed by atoms with Crippen LogP contribution in [0.25, 0.3) is 0 Å². The summed E-state index contributed by atoms with van der Waals surface area (Å²) in [5, 5.41) is 6.40. The van der Waals surface area contributed by atoms with Crippen molar-refractivity contribution in [1.29, 1.82) is 0 Å². The molecule has 0 spiro atoms. The molecule has 0 radical (unpaired) electrons. The molecule has 0 aliphatic carbocycles. The molecule has 23 heavy (non-hydrogen) atoms. The van der Waals surface area contributed by atoms with Crippen molar-refractivity contribution < 1.29 is 9.18 Å². The summed E-state index contributed by atoms with van der Waals surface area (Å²) in [6, 6.07) is 6.35. The summed E-state index contributed by atoms with van der Waals surface area (Å²) in [4.78, 5) is 15.8. The monoisotopic (exact) mass is 322 g/mol. The van der Waals surface area contributed by atoms with Crippen molar-refractivity contribution in [2.45, 2.75) is 33.2 Å². The number of nitrogens with zero attached hydrogens (tertiary/aromatic N) is 1. The van der Waals surface area contributed by atoms with Gasteiger partial charge >= 0.3 is 0 Å². The standard InChI is InChI=1S/C17H27FN4O/c1-11(2)12(3)22-17(20-4)21-10-14(16(19)23)9-13-5-7-15(18)8-6-13/h5-8,11-12,14H,9-10H2,1-4H3,(H2,19,23)(H2,20,21,22). The summed E-state index contributed by atoms with van der Waals surface area (Å²) in [6.45, 7) is 6.68. The zero-order valence-electron chi connectivity index (χ0n) is 14.3.